The third-order valence-electron chi connectivity index (χ3n) is 7.75. The number of alkyl halides is 6. The number of aryl methyl sites for hydroxylation is 3. The number of halogens is 6. The van der Waals surface area contributed by atoms with Crippen LogP contribution in [0.1, 0.15) is 73.8 Å². The van der Waals surface area contributed by atoms with Crippen LogP contribution in [0.15, 0.2) is 36.4 Å². The second-order valence-electron chi connectivity index (χ2n) is 10.5. The van der Waals surface area contributed by atoms with Gasteiger partial charge < -0.3 is 20.1 Å². The standard InChI is InChI=1S/C30H38F6O5/c1-5-28(6-2,22-10-13-25(19(4)16-22)41-17-23(37)11-14-26(39)40)21-9-7-20(18(3)15-21)8-12-24(38)27(29(31,32)33)30(34,35)36/h7,9-10,13,15-16,23-24,27,37-38H,5-6,8,11-12,14,17H2,1-4H3,(H,39,40)/t23-,24?/m1/s1. The Morgan fingerprint density at radius 1 is 0.854 bits per heavy atom. The quantitative estimate of drug-likeness (QED) is 0.205. The van der Waals surface area contributed by atoms with Crippen molar-refractivity contribution in [3.05, 3.63) is 64.2 Å². The first-order valence-corrected chi connectivity index (χ1v) is 13.5. The van der Waals surface area contributed by atoms with Crippen LogP contribution in [0.3, 0.4) is 0 Å². The topological polar surface area (TPSA) is 87.0 Å². The largest absolute Gasteiger partial charge is 0.491 e. The SMILES string of the molecule is CCC(CC)(c1ccc(CCC(O)C(C(F)(F)F)C(F)(F)F)c(C)c1)c1ccc(OC[C@H](O)CCC(=O)O)c(C)c1. The molecule has 0 saturated carbocycles. The molecular formula is C30H38F6O5. The number of rotatable bonds is 14. The van der Waals surface area contributed by atoms with Crippen LogP contribution in [-0.2, 0) is 16.6 Å². The van der Waals surface area contributed by atoms with Crippen LogP contribution in [-0.4, -0.2) is 52.5 Å². The number of benzene rings is 2. The highest BCUT2D eigenvalue weighted by Crippen LogP contribution is 2.43. The Morgan fingerprint density at radius 3 is 1.85 bits per heavy atom. The third kappa shape index (κ3) is 8.85. The molecule has 0 aliphatic rings. The van der Waals surface area contributed by atoms with Crippen LogP contribution < -0.4 is 4.74 Å². The van der Waals surface area contributed by atoms with E-state index in [0.29, 0.717) is 29.7 Å². The van der Waals surface area contributed by atoms with Crippen LogP contribution in [0, 0.1) is 19.8 Å². The molecule has 41 heavy (non-hydrogen) atoms. The molecule has 2 atom stereocenters. The van der Waals surface area contributed by atoms with Crippen LogP contribution in [0.2, 0.25) is 0 Å². The molecule has 0 heterocycles. The van der Waals surface area contributed by atoms with Gasteiger partial charge in [0.05, 0.1) is 12.2 Å². The highest BCUT2D eigenvalue weighted by molar-refractivity contribution is 5.66. The summed E-state index contributed by atoms with van der Waals surface area (Å²) in [6, 6.07) is 11.1. The van der Waals surface area contributed by atoms with Crippen molar-refractivity contribution in [3.8, 4) is 5.75 Å². The maximum Gasteiger partial charge on any atom is 0.403 e. The monoisotopic (exact) mass is 592 g/mol. The minimum absolute atomic E-state index is 0.0534. The predicted octanol–water partition coefficient (Wildman–Crippen LogP) is 7.05. The fourth-order valence-electron chi connectivity index (χ4n) is 5.27. The molecule has 0 fully saturated rings. The summed E-state index contributed by atoms with van der Waals surface area (Å²) < 4.78 is 83.5. The van der Waals surface area contributed by atoms with Gasteiger partial charge in [-0.2, -0.15) is 26.3 Å². The predicted molar refractivity (Wildman–Crippen MR) is 142 cm³/mol. The van der Waals surface area contributed by atoms with Crippen molar-refractivity contribution in [1.29, 1.82) is 0 Å². The second-order valence-corrected chi connectivity index (χ2v) is 10.5. The molecule has 0 radical (unpaired) electrons. The van der Waals surface area contributed by atoms with E-state index in [1.165, 1.54) is 0 Å². The Hall–Kier alpha value is -2.79. The fraction of sp³-hybridized carbons (Fsp3) is 0.567. The van der Waals surface area contributed by atoms with Gasteiger partial charge in [-0.3, -0.25) is 4.79 Å². The van der Waals surface area contributed by atoms with Gasteiger partial charge in [0.1, 0.15) is 12.4 Å². The van der Waals surface area contributed by atoms with Gasteiger partial charge in [-0.15, -0.1) is 0 Å². The smallest absolute Gasteiger partial charge is 0.403 e. The van der Waals surface area contributed by atoms with Gasteiger partial charge in [0, 0.05) is 11.8 Å². The first-order chi connectivity index (χ1) is 19.0. The lowest BCUT2D eigenvalue weighted by molar-refractivity contribution is -0.306. The van der Waals surface area contributed by atoms with Crippen molar-refractivity contribution in [2.24, 2.45) is 5.92 Å². The number of hydrogen-bond acceptors (Lipinski definition) is 4. The van der Waals surface area contributed by atoms with Crippen LogP contribution in [0.25, 0.3) is 0 Å². The zero-order valence-corrected chi connectivity index (χ0v) is 23.6. The third-order valence-corrected chi connectivity index (χ3v) is 7.75. The molecule has 5 nitrogen and oxygen atoms in total. The fourth-order valence-corrected chi connectivity index (χ4v) is 5.27. The van der Waals surface area contributed by atoms with E-state index < -0.39 is 48.3 Å². The highest BCUT2D eigenvalue weighted by atomic mass is 19.4. The normalized spacial score (nSPS) is 14.3. The molecule has 2 aromatic rings. The molecule has 2 rings (SSSR count). The maximum atomic E-state index is 13.0. The Labute approximate surface area is 236 Å². The molecule has 230 valence electrons. The van der Waals surface area contributed by atoms with Crippen molar-refractivity contribution in [3.63, 3.8) is 0 Å². The lowest BCUT2D eigenvalue weighted by atomic mass is 9.69. The minimum atomic E-state index is -5.60. The van der Waals surface area contributed by atoms with Gasteiger partial charge in [0.2, 0.25) is 0 Å². The summed E-state index contributed by atoms with van der Waals surface area (Å²) in [6.45, 7) is 7.59. The number of hydrogen-bond donors (Lipinski definition) is 3. The Kier molecular flexibility index (Phi) is 11.7. The average Bonchev–Trinajstić information content (AvgIpc) is 2.85. The second kappa shape index (κ2) is 13.9. The molecule has 11 heteroatoms. The van der Waals surface area contributed by atoms with Gasteiger partial charge in [-0.05, 0) is 79.8 Å². The lowest BCUT2D eigenvalue weighted by Crippen LogP contribution is -2.45. The van der Waals surface area contributed by atoms with Crippen molar-refractivity contribution >= 4 is 5.97 Å². The van der Waals surface area contributed by atoms with E-state index in [1.807, 2.05) is 45.0 Å². The van der Waals surface area contributed by atoms with E-state index in [4.69, 9.17) is 9.84 Å². The first-order valence-electron chi connectivity index (χ1n) is 13.5. The number of aliphatic hydroxyl groups excluding tert-OH is 2. The van der Waals surface area contributed by atoms with Crippen molar-refractivity contribution in [1.82, 2.24) is 0 Å². The summed E-state index contributed by atoms with van der Waals surface area (Å²) >= 11 is 0. The Morgan fingerprint density at radius 2 is 1.39 bits per heavy atom. The number of carboxylic acids is 1. The van der Waals surface area contributed by atoms with E-state index in [2.05, 4.69) is 0 Å². The van der Waals surface area contributed by atoms with Crippen molar-refractivity contribution < 1.29 is 51.2 Å². The Bertz CT molecular complexity index is 1140. The van der Waals surface area contributed by atoms with Crippen LogP contribution in [0.5, 0.6) is 5.75 Å². The molecule has 2 aromatic carbocycles. The Balaban J connectivity index is 2.25. The van der Waals surface area contributed by atoms with E-state index in [1.54, 1.807) is 19.1 Å². The zero-order valence-electron chi connectivity index (χ0n) is 23.6. The highest BCUT2D eigenvalue weighted by Gasteiger charge is 2.59. The first kappa shape index (κ1) is 34.4. The molecule has 1 unspecified atom stereocenters. The minimum Gasteiger partial charge on any atom is -0.491 e. The van der Waals surface area contributed by atoms with Gasteiger partial charge in [-0.1, -0.05) is 44.2 Å². The van der Waals surface area contributed by atoms with Crippen LogP contribution >= 0.6 is 0 Å². The number of carboxylic acid groups (broad SMARTS) is 1. The maximum absolute atomic E-state index is 13.0. The molecular weight excluding hydrogens is 554 g/mol. The molecule has 0 bridgehead atoms. The number of carbonyl (C=O) groups is 1. The molecule has 0 saturated heterocycles. The van der Waals surface area contributed by atoms with Crippen LogP contribution in [0.4, 0.5) is 26.3 Å². The number of ether oxygens (including phenoxy) is 1. The molecule has 0 aromatic heterocycles. The van der Waals surface area contributed by atoms with E-state index >= 15 is 0 Å². The van der Waals surface area contributed by atoms with Crippen molar-refractivity contribution in [2.45, 2.75) is 96.2 Å². The van der Waals surface area contributed by atoms with Gasteiger partial charge >= 0.3 is 18.3 Å². The number of aliphatic carboxylic acids is 1. The average molecular weight is 593 g/mol. The summed E-state index contributed by atoms with van der Waals surface area (Å²) in [7, 11) is 0. The summed E-state index contributed by atoms with van der Waals surface area (Å²) in [5.74, 6) is -4.26. The summed E-state index contributed by atoms with van der Waals surface area (Å²) in [4.78, 5) is 10.7. The summed E-state index contributed by atoms with van der Waals surface area (Å²) in [5, 5.41) is 28.5. The van der Waals surface area contributed by atoms with E-state index in [9.17, 15) is 41.4 Å². The zero-order chi connectivity index (χ0) is 31.2. The van der Waals surface area contributed by atoms with Crippen molar-refractivity contribution in [2.75, 3.05) is 6.61 Å². The van der Waals surface area contributed by atoms with Gasteiger partial charge in [0.25, 0.3) is 0 Å². The van der Waals surface area contributed by atoms with Gasteiger partial charge in [0.15, 0.2) is 5.92 Å². The molecule has 3 N–H and O–H groups in total. The molecule has 0 amide bonds. The lowest BCUT2D eigenvalue weighted by Gasteiger charge is -2.34. The molecule has 0 aliphatic carbocycles. The summed E-state index contributed by atoms with van der Waals surface area (Å²) in [5.41, 5.74) is 3.54. The van der Waals surface area contributed by atoms with E-state index in [0.717, 1.165) is 16.7 Å². The summed E-state index contributed by atoms with van der Waals surface area (Å²) in [6.07, 6.45) is -14.3. The molecule has 0 spiro atoms. The van der Waals surface area contributed by atoms with Gasteiger partial charge in [-0.25, -0.2) is 0 Å². The number of aliphatic hydroxyl groups is 2. The molecule has 0 aliphatic heterocycles. The van der Waals surface area contributed by atoms with E-state index in [-0.39, 0.29) is 25.9 Å².